The number of rotatable bonds is 6. The maximum Gasteiger partial charge on any atom is 0.283 e. The highest BCUT2D eigenvalue weighted by Gasteiger charge is 2.44. The molecule has 2 aromatic heterocycles. The summed E-state index contributed by atoms with van der Waals surface area (Å²) in [5.74, 6) is 2.45. The van der Waals surface area contributed by atoms with Crippen molar-refractivity contribution >= 4 is 29.3 Å². The van der Waals surface area contributed by atoms with Gasteiger partial charge < -0.3 is 8.98 Å². The molecule has 6 rings (SSSR count). The number of amides is 1. The fourth-order valence-electron chi connectivity index (χ4n) is 5.01. The SMILES string of the molecule is CCN1C(=O)c2nc(-c3ccc(-c4nnc(C)o4)cc3)n(Cc3ccc(F)c(Cl)c3)c2N2C[C@@H](C(C)C)N=C12. The summed E-state index contributed by atoms with van der Waals surface area (Å²) in [6.07, 6.45) is 0. The molecule has 9 nitrogen and oxygen atoms in total. The minimum Gasteiger partial charge on any atom is -0.421 e. The quantitative estimate of drug-likeness (QED) is 0.320. The summed E-state index contributed by atoms with van der Waals surface area (Å²) in [6, 6.07) is 12.3. The van der Waals surface area contributed by atoms with Crippen molar-refractivity contribution in [2.75, 3.05) is 18.0 Å². The van der Waals surface area contributed by atoms with Crippen molar-refractivity contribution in [3.8, 4) is 22.8 Å². The largest absolute Gasteiger partial charge is 0.421 e. The fourth-order valence-corrected chi connectivity index (χ4v) is 5.22. The van der Waals surface area contributed by atoms with Gasteiger partial charge in [0.1, 0.15) is 17.5 Å². The summed E-state index contributed by atoms with van der Waals surface area (Å²) >= 11 is 6.13. The normalized spacial score (nSPS) is 16.6. The van der Waals surface area contributed by atoms with Gasteiger partial charge in [-0.05, 0) is 42.7 Å². The van der Waals surface area contributed by atoms with Crippen LogP contribution in [0.15, 0.2) is 51.9 Å². The van der Waals surface area contributed by atoms with Crippen LogP contribution in [0.3, 0.4) is 0 Å². The number of hydrogen-bond acceptors (Lipinski definition) is 7. The number of imidazole rings is 1. The minimum absolute atomic E-state index is 0.0389. The third-order valence-electron chi connectivity index (χ3n) is 7.10. The summed E-state index contributed by atoms with van der Waals surface area (Å²) in [5.41, 5.74) is 2.71. The Labute approximate surface area is 229 Å². The van der Waals surface area contributed by atoms with E-state index < -0.39 is 5.82 Å². The summed E-state index contributed by atoms with van der Waals surface area (Å²) in [7, 11) is 0. The number of nitrogens with zero attached hydrogens (tertiary/aromatic N) is 7. The second kappa shape index (κ2) is 9.60. The number of benzene rings is 2. The molecular formula is C28H27ClFN7O2. The zero-order valence-electron chi connectivity index (χ0n) is 22.0. The zero-order valence-corrected chi connectivity index (χ0v) is 22.8. The Bertz CT molecular complexity index is 1610. The van der Waals surface area contributed by atoms with Crippen molar-refractivity contribution in [3.05, 3.63) is 70.5 Å². The predicted molar refractivity (Wildman–Crippen MR) is 146 cm³/mol. The smallest absolute Gasteiger partial charge is 0.283 e. The van der Waals surface area contributed by atoms with Crippen LogP contribution in [0, 0.1) is 18.7 Å². The van der Waals surface area contributed by atoms with Gasteiger partial charge in [-0.25, -0.2) is 14.4 Å². The molecule has 1 amide bonds. The van der Waals surface area contributed by atoms with E-state index in [1.165, 1.54) is 6.07 Å². The average molecular weight is 548 g/mol. The first-order valence-electron chi connectivity index (χ1n) is 12.9. The second-order valence-electron chi connectivity index (χ2n) is 10.0. The third-order valence-corrected chi connectivity index (χ3v) is 7.39. The van der Waals surface area contributed by atoms with E-state index in [1.807, 2.05) is 35.8 Å². The fraction of sp³-hybridized carbons (Fsp3) is 0.321. The van der Waals surface area contributed by atoms with E-state index >= 15 is 0 Å². The number of carbonyl (C=O) groups excluding carboxylic acids is 1. The minimum atomic E-state index is -0.484. The van der Waals surface area contributed by atoms with Crippen LogP contribution in [0.25, 0.3) is 22.8 Å². The molecule has 2 aliphatic heterocycles. The topological polar surface area (TPSA) is 92.7 Å². The molecule has 2 aliphatic rings. The molecule has 0 unspecified atom stereocenters. The highest BCUT2D eigenvalue weighted by atomic mass is 35.5. The first-order chi connectivity index (χ1) is 18.7. The molecule has 200 valence electrons. The van der Waals surface area contributed by atoms with Gasteiger partial charge in [0.15, 0.2) is 5.69 Å². The lowest BCUT2D eigenvalue weighted by atomic mass is 10.1. The summed E-state index contributed by atoms with van der Waals surface area (Å²) in [4.78, 5) is 27.3. The van der Waals surface area contributed by atoms with Gasteiger partial charge in [0.25, 0.3) is 5.91 Å². The van der Waals surface area contributed by atoms with Crippen LogP contribution in [0.2, 0.25) is 5.02 Å². The third kappa shape index (κ3) is 4.28. The molecule has 4 heterocycles. The molecule has 11 heteroatoms. The van der Waals surface area contributed by atoms with E-state index in [0.717, 1.165) is 16.7 Å². The molecule has 0 bridgehead atoms. The van der Waals surface area contributed by atoms with Crippen molar-refractivity contribution in [2.24, 2.45) is 10.9 Å². The number of aliphatic imine (C=N–C) groups is 1. The van der Waals surface area contributed by atoms with Crippen molar-refractivity contribution in [1.29, 1.82) is 0 Å². The highest BCUT2D eigenvalue weighted by Crippen LogP contribution is 2.38. The Hall–Kier alpha value is -4.05. The molecule has 0 spiro atoms. The summed E-state index contributed by atoms with van der Waals surface area (Å²) < 4.78 is 21.5. The van der Waals surface area contributed by atoms with Gasteiger partial charge in [0.2, 0.25) is 17.7 Å². The molecular weight excluding hydrogens is 521 g/mol. The van der Waals surface area contributed by atoms with Crippen molar-refractivity contribution in [2.45, 2.75) is 40.3 Å². The number of guanidine groups is 1. The number of aryl methyl sites for hydroxylation is 1. The zero-order chi connectivity index (χ0) is 27.4. The van der Waals surface area contributed by atoms with Gasteiger partial charge in [-0.3, -0.25) is 14.6 Å². The Kier molecular flexibility index (Phi) is 6.22. The van der Waals surface area contributed by atoms with Gasteiger partial charge in [0, 0.05) is 24.6 Å². The Morgan fingerprint density at radius 1 is 1.13 bits per heavy atom. The number of anilines is 1. The highest BCUT2D eigenvalue weighted by molar-refractivity contribution is 6.30. The van der Waals surface area contributed by atoms with Crippen molar-refractivity contribution < 1.29 is 13.6 Å². The Morgan fingerprint density at radius 2 is 1.87 bits per heavy atom. The monoisotopic (exact) mass is 547 g/mol. The van der Waals surface area contributed by atoms with Crippen LogP contribution < -0.4 is 4.90 Å². The number of fused-ring (bicyclic) bond motifs is 3. The second-order valence-corrected chi connectivity index (χ2v) is 10.5. The van der Waals surface area contributed by atoms with Crippen molar-refractivity contribution in [1.82, 2.24) is 24.6 Å². The lowest BCUT2D eigenvalue weighted by Crippen LogP contribution is -2.50. The average Bonchev–Trinajstić information content (AvgIpc) is 3.64. The first kappa shape index (κ1) is 25.2. The van der Waals surface area contributed by atoms with E-state index in [0.29, 0.717) is 60.6 Å². The molecule has 0 N–H and O–H groups in total. The standard InChI is InChI=1S/C28H27ClFN7O2/c1-5-35-27(38)23-26(37-14-22(15(2)3)31-28(35)37)36(13-17-6-11-21(30)20(29)12-17)24(32-23)18-7-9-19(10-8-18)25-34-33-16(4)39-25/h6-12,15,22H,5,13-14H2,1-4H3/t22-/m0/s1. The molecule has 39 heavy (non-hydrogen) atoms. The lowest BCUT2D eigenvalue weighted by molar-refractivity contribution is 0.0841. The van der Waals surface area contributed by atoms with Crippen LogP contribution in [0.1, 0.15) is 42.7 Å². The van der Waals surface area contributed by atoms with Gasteiger partial charge in [-0.1, -0.05) is 43.6 Å². The van der Waals surface area contributed by atoms with Crippen LogP contribution in [-0.4, -0.2) is 55.6 Å². The molecule has 0 saturated heterocycles. The molecule has 2 aromatic carbocycles. The van der Waals surface area contributed by atoms with Crippen LogP contribution in [0.5, 0.6) is 0 Å². The van der Waals surface area contributed by atoms with Crippen LogP contribution in [-0.2, 0) is 6.54 Å². The first-order valence-corrected chi connectivity index (χ1v) is 13.3. The van der Waals surface area contributed by atoms with E-state index in [4.69, 9.17) is 26.0 Å². The maximum absolute atomic E-state index is 14.0. The summed E-state index contributed by atoms with van der Waals surface area (Å²) in [6.45, 7) is 9.37. The number of carbonyl (C=O) groups is 1. The van der Waals surface area contributed by atoms with Crippen LogP contribution in [0.4, 0.5) is 10.2 Å². The lowest BCUT2D eigenvalue weighted by Gasteiger charge is -2.33. The molecule has 0 fully saturated rings. The van der Waals surface area contributed by atoms with E-state index in [1.54, 1.807) is 24.0 Å². The summed E-state index contributed by atoms with van der Waals surface area (Å²) in [5, 5.41) is 8.04. The van der Waals surface area contributed by atoms with Crippen molar-refractivity contribution in [3.63, 3.8) is 0 Å². The predicted octanol–water partition coefficient (Wildman–Crippen LogP) is 5.43. The van der Waals surface area contributed by atoms with E-state index in [2.05, 4.69) is 28.9 Å². The Morgan fingerprint density at radius 3 is 2.51 bits per heavy atom. The number of aromatic nitrogens is 4. The number of halogens is 2. The Balaban J connectivity index is 1.50. The van der Waals surface area contributed by atoms with Gasteiger partial charge >= 0.3 is 0 Å². The molecule has 1 atom stereocenters. The maximum atomic E-state index is 14.0. The van der Waals surface area contributed by atoms with Gasteiger partial charge in [-0.2, -0.15) is 0 Å². The number of hydrogen-bond donors (Lipinski definition) is 0. The van der Waals surface area contributed by atoms with Gasteiger partial charge in [0.05, 0.1) is 24.2 Å². The molecule has 0 aliphatic carbocycles. The molecule has 0 saturated carbocycles. The molecule has 4 aromatic rings. The molecule has 0 radical (unpaired) electrons. The van der Waals surface area contributed by atoms with Gasteiger partial charge in [-0.15, -0.1) is 10.2 Å². The van der Waals surface area contributed by atoms with E-state index in [-0.39, 0.29) is 17.0 Å². The van der Waals surface area contributed by atoms with E-state index in [9.17, 15) is 9.18 Å². The van der Waals surface area contributed by atoms with Crippen LogP contribution >= 0.6 is 11.6 Å².